The number of fused-ring (bicyclic) bond motifs is 3. The summed E-state index contributed by atoms with van der Waals surface area (Å²) in [7, 11) is 1.94. The lowest BCUT2D eigenvalue weighted by Gasteiger charge is -2.19. The first-order valence-electron chi connectivity index (χ1n) is 11.1. The molecular weight excluding hydrogens is 360 g/mol. The molecular formula is C24H30N4O. The molecule has 1 fully saturated rings. The summed E-state index contributed by atoms with van der Waals surface area (Å²) in [5, 5.41) is 9.30. The van der Waals surface area contributed by atoms with E-state index in [1.807, 2.05) is 22.5 Å². The van der Waals surface area contributed by atoms with Gasteiger partial charge in [0.1, 0.15) is 5.65 Å². The maximum atomic E-state index is 13.3. The van der Waals surface area contributed by atoms with Crippen LogP contribution < -0.4 is 10.9 Å². The molecule has 1 aromatic carbocycles. The molecule has 0 unspecified atom stereocenters. The summed E-state index contributed by atoms with van der Waals surface area (Å²) in [6.45, 7) is 1.52. The minimum atomic E-state index is 0.169. The highest BCUT2D eigenvalue weighted by atomic mass is 16.1. The molecule has 1 N–H and O–H groups in total. The van der Waals surface area contributed by atoms with Crippen LogP contribution in [0.15, 0.2) is 35.3 Å². The zero-order chi connectivity index (χ0) is 19.8. The fourth-order valence-corrected chi connectivity index (χ4v) is 5.15. The summed E-state index contributed by atoms with van der Waals surface area (Å²) in [6.07, 6.45) is 11.4. The smallest absolute Gasteiger partial charge is 0.255 e. The average Bonchev–Trinajstić information content (AvgIpc) is 3.40. The zero-order valence-electron chi connectivity index (χ0n) is 17.3. The van der Waals surface area contributed by atoms with Gasteiger partial charge in [0, 0.05) is 30.6 Å². The van der Waals surface area contributed by atoms with Crippen molar-refractivity contribution in [3.05, 3.63) is 63.1 Å². The third-order valence-electron chi connectivity index (χ3n) is 6.77. The third kappa shape index (κ3) is 3.52. The van der Waals surface area contributed by atoms with Gasteiger partial charge >= 0.3 is 0 Å². The summed E-state index contributed by atoms with van der Waals surface area (Å²) in [6, 6.07) is 9.41. The van der Waals surface area contributed by atoms with Gasteiger partial charge in [0.05, 0.1) is 12.7 Å². The molecule has 0 atom stereocenters. The number of nitrogens with one attached hydrogen (secondary N) is 1. The Bertz CT molecular complexity index is 1070. The molecule has 1 saturated carbocycles. The molecule has 0 saturated heterocycles. The number of pyridine rings is 1. The molecule has 0 aliphatic heterocycles. The van der Waals surface area contributed by atoms with Gasteiger partial charge in [0.15, 0.2) is 0 Å². The first-order chi connectivity index (χ1) is 14.2. The number of aromatic nitrogens is 3. The Kier molecular flexibility index (Phi) is 5.00. The van der Waals surface area contributed by atoms with E-state index in [0.29, 0.717) is 12.6 Å². The SMILES string of the molecule is Cn1ncc2c3c(c(=O)n(Cc4ccc(CNC5CCCC5)cc4)c21)CCCC3. The zero-order valence-corrected chi connectivity index (χ0v) is 17.3. The molecule has 29 heavy (non-hydrogen) atoms. The Morgan fingerprint density at radius 2 is 1.69 bits per heavy atom. The largest absolute Gasteiger partial charge is 0.310 e. The summed E-state index contributed by atoms with van der Waals surface area (Å²) >= 11 is 0. The number of nitrogens with zero attached hydrogens (tertiary/aromatic N) is 3. The Morgan fingerprint density at radius 3 is 2.45 bits per heavy atom. The molecule has 5 rings (SSSR count). The minimum absolute atomic E-state index is 0.169. The molecule has 152 valence electrons. The lowest BCUT2D eigenvalue weighted by atomic mass is 9.91. The second-order valence-corrected chi connectivity index (χ2v) is 8.74. The van der Waals surface area contributed by atoms with E-state index in [-0.39, 0.29) is 5.56 Å². The molecule has 5 nitrogen and oxygen atoms in total. The topological polar surface area (TPSA) is 51.9 Å². The Labute approximate surface area is 171 Å². The van der Waals surface area contributed by atoms with Gasteiger partial charge in [-0.1, -0.05) is 37.1 Å². The van der Waals surface area contributed by atoms with Gasteiger partial charge < -0.3 is 5.32 Å². The molecule has 3 aromatic rings. The number of hydrogen-bond acceptors (Lipinski definition) is 3. The van der Waals surface area contributed by atoms with E-state index >= 15 is 0 Å². The van der Waals surface area contributed by atoms with Crippen molar-refractivity contribution in [3.8, 4) is 0 Å². The first kappa shape index (κ1) is 18.6. The highest BCUT2D eigenvalue weighted by Crippen LogP contribution is 2.27. The van der Waals surface area contributed by atoms with E-state index in [1.165, 1.54) is 36.8 Å². The summed E-state index contributed by atoms with van der Waals surface area (Å²) in [5.41, 5.74) is 5.83. The van der Waals surface area contributed by atoms with Crippen LogP contribution in [0.1, 0.15) is 60.8 Å². The predicted octanol–water partition coefficient (Wildman–Crippen LogP) is 3.69. The summed E-state index contributed by atoms with van der Waals surface area (Å²) in [5.74, 6) is 0. The molecule has 2 aromatic heterocycles. The maximum Gasteiger partial charge on any atom is 0.255 e. The Morgan fingerprint density at radius 1 is 1.00 bits per heavy atom. The van der Waals surface area contributed by atoms with E-state index in [9.17, 15) is 4.79 Å². The van der Waals surface area contributed by atoms with Gasteiger partial charge in [-0.15, -0.1) is 0 Å². The second-order valence-electron chi connectivity index (χ2n) is 8.74. The summed E-state index contributed by atoms with van der Waals surface area (Å²) < 4.78 is 3.78. The van der Waals surface area contributed by atoms with Crippen LogP contribution in [-0.4, -0.2) is 20.4 Å². The Balaban J connectivity index is 1.42. The van der Waals surface area contributed by atoms with Gasteiger partial charge in [-0.3, -0.25) is 14.0 Å². The molecule has 5 heteroatoms. The minimum Gasteiger partial charge on any atom is -0.310 e. The van der Waals surface area contributed by atoms with Crippen molar-refractivity contribution in [2.75, 3.05) is 0 Å². The molecule has 2 aliphatic rings. The van der Waals surface area contributed by atoms with Crippen LogP contribution in [0.4, 0.5) is 0 Å². The molecule has 0 radical (unpaired) electrons. The van der Waals surface area contributed by atoms with Crippen molar-refractivity contribution >= 4 is 11.0 Å². The van der Waals surface area contributed by atoms with Gasteiger partial charge in [0.25, 0.3) is 5.56 Å². The number of rotatable bonds is 5. The van der Waals surface area contributed by atoms with Gasteiger partial charge in [-0.2, -0.15) is 5.10 Å². The standard InChI is InChI=1S/C24H30N4O/c1-27-23-22(15-26-27)20-8-4-5-9-21(20)24(29)28(23)16-18-12-10-17(11-13-18)14-25-19-6-2-3-7-19/h10-13,15,19,25H,2-9,14,16H2,1H3. The van der Waals surface area contributed by atoms with E-state index < -0.39 is 0 Å². The fourth-order valence-electron chi connectivity index (χ4n) is 5.15. The third-order valence-corrected chi connectivity index (χ3v) is 6.77. The van der Waals surface area contributed by atoms with E-state index in [2.05, 4.69) is 34.7 Å². The molecule has 2 heterocycles. The van der Waals surface area contributed by atoms with Crippen molar-refractivity contribution in [2.24, 2.45) is 7.05 Å². The van der Waals surface area contributed by atoms with Crippen LogP contribution in [0.5, 0.6) is 0 Å². The van der Waals surface area contributed by atoms with Gasteiger partial charge in [0.2, 0.25) is 0 Å². The molecule has 0 bridgehead atoms. The van der Waals surface area contributed by atoms with E-state index in [4.69, 9.17) is 0 Å². The highest BCUT2D eigenvalue weighted by Gasteiger charge is 2.21. The van der Waals surface area contributed by atoms with Crippen LogP contribution in [0.25, 0.3) is 11.0 Å². The van der Waals surface area contributed by atoms with Crippen LogP contribution in [0.3, 0.4) is 0 Å². The second kappa shape index (κ2) is 7.79. The predicted molar refractivity (Wildman–Crippen MR) is 116 cm³/mol. The van der Waals surface area contributed by atoms with E-state index in [0.717, 1.165) is 54.4 Å². The number of benzene rings is 1. The van der Waals surface area contributed by atoms with Gasteiger partial charge in [-0.25, -0.2) is 0 Å². The van der Waals surface area contributed by atoms with Crippen molar-refractivity contribution in [3.63, 3.8) is 0 Å². The van der Waals surface area contributed by atoms with E-state index in [1.54, 1.807) is 0 Å². The Hall–Kier alpha value is -2.40. The average molecular weight is 391 g/mol. The lowest BCUT2D eigenvalue weighted by molar-refractivity contribution is 0.524. The quantitative estimate of drug-likeness (QED) is 0.723. The van der Waals surface area contributed by atoms with Gasteiger partial charge in [-0.05, 0) is 55.2 Å². The van der Waals surface area contributed by atoms with Crippen LogP contribution in [0, 0.1) is 0 Å². The summed E-state index contributed by atoms with van der Waals surface area (Å²) in [4.78, 5) is 13.3. The monoisotopic (exact) mass is 390 g/mol. The molecule has 0 spiro atoms. The van der Waals surface area contributed by atoms with Crippen molar-refractivity contribution < 1.29 is 0 Å². The van der Waals surface area contributed by atoms with Crippen LogP contribution in [0.2, 0.25) is 0 Å². The normalized spacial score (nSPS) is 17.1. The number of hydrogen-bond donors (Lipinski definition) is 1. The van der Waals surface area contributed by atoms with Crippen molar-refractivity contribution in [2.45, 2.75) is 70.5 Å². The maximum absolute atomic E-state index is 13.3. The van der Waals surface area contributed by atoms with Crippen LogP contribution >= 0.6 is 0 Å². The highest BCUT2D eigenvalue weighted by molar-refractivity contribution is 5.80. The molecule has 0 amide bonds. The lowest BCUT2D eigenvalue weighted by Crippen LogP contribution is -2.29. The van der Waals surface area contributed by atoms with Crippen molar-refractivity contribution in [1.82, 2.24) is 19.7 Å². The molecule has 2 aliphatic carbocycles. The van der Waals surface area contributed by atoms with Crippen LogP contribution in [-0.2, 0) is 33.0 Å². The first-order valence-corrected chi connectivity index (χ1v) is 11.1. The van der Waals surface area contributed by atoms with Crippen molar-refractivity contribution in [1.29, 1.82) is 0 Å². The number of aryl methyl sites for hydroxylation is 2. The fraction of sp³-hybridized carbons (Fsp3) is 0.500.